The first-order valence-electron chi connectivity index (χ1n) is 5.24. The standard InChI is InChI=1S/C11H11N3O5/c1-2-6-19-7-5-12-10-4-3-9(13(15)16)8-11(10)14(17)18/h1,3-4,8,12H,5-7H2. The predicted octanol–water partition coefficient (Wildman–Crippen LogP) is 1.56. The van der Waals surface area contributed by atoms with Crippen molar-refractivity contribution in [3.8, 4) is 12.3 Å². The molecule has 8 nitrogen and oxygen atoms in total. The first-order chi connectivity index (χ1) is 9.06. The van der Waals surface area contributed by atoms with Crippen molar-refractivity contribution in [2.75, 3.05) is 25.1 Å². The van der Waals surface area contributed by atoms with E-state index in [0.29, 0.717) is 6.54 Å². The molecule has 0 amide bonds. The monoisotopic (exact) mass is 265 g/mol. The summed E-state index contributed by atoms with van der Waals surface area (Å²) < 4.78 is 4.99. The topological polar surface area (TPSA) is 108 Å². The van der Waals surface area contributed by atoms with Crippen LogP contribution in [0.4, 0.5) is 17.1 Å². The Morgan fingerprint density at radius 2 is 2.05 bits per heavy atom. The zero-order valence-electron chi connectivity index (χ0n) is 9.87. The molecule has 0 saturated heterocycles. The van der Waals surface area contributed by atoms with Crippen LogP contribution in [0.1, 0.15) is 0 Å². The third-order valence-electron chi connectivity index (χ3n) is 2.14. The maximum Gasteiger partial charge on any atom is 0.299 e. The highest BCUT2D eigenvalue weighted by molar-refractivity contribution is 5.65. The molecule has 0 atom stereocenters. The number of terminal acetylenes is 1. The number of nitrogens with one attached hydrogen (secondary N) is 1. The highest BCUT2D eigenvalue weighted by Gasteiger charge is 2.18. The Bertz CT molecular complexity index is 524. The minimum Gasteiger partial charge on any atom is -0.377 e. The first kappa shape index (κ1) is 14.4. The molecule has 0 radical (unpaired) electrons. The molecule has 0 spiro atoms. The fourth-order valence-electron chi connectivity index (χ4n) is 1.32. The van der Waals surface area contributed by atoms with Gasteiger partial charge in [-0.2, -0.15) is 0 Å². The molecule has 0 aliphatic heterocycles. The first-order valence-corrected chi connectivity index (χ1v) is 5.24. The third-order valence-corrected chi connectivity index (χ3v) is 2.14. The van der Waals surface area contributed by atoms with E-state index in [1.807, 2.05) is 0 Å². The Kier molecular flexibility index (Phi) is 5.25. The SMILES string of the molecule is C#CCOCCNc1ccc([N+](=O)[O-])cc1[N+](=O)[O-]. The van der Waals surface area contributed by atoms with Crippen LogP contribution in [0.2, 0.25) is 0 Å². The Labute approximate surface area is 108 Å². The lowest BCUT2D eigenvalue weighted by Gasteiger charge is -2.06. The van der Waals surface area contributed by atoms with E-state index >= 15 is 0 Å². The van der Waals surface area contributed by atoms with Gasteiger partial charge in [0.05, 0.1) is 22.5 Å². The molecule has 1 aromatic carbocycles. The molecule has 0 saturated carbocycles. The summed E-state index contributed by atoms with van der Waals surface area (Å²) >= 11 is 0. The number of nitro groups is 2. The van der Waals surface area contributed by atoms with Crippen LogP contribution in [0.5, 0.6) is 0 Å². The van der Waals surface area contributed by atoms with E-state index in [1.165, 1.54) is 12.1 Å². The number of hydrogen-bond donors (Lipinski definition) is 1. The summed E-state index contributed by atoms with van der Waals surface area (Å²) in [6.07, 6.45) is 4.98. The van der Waals surface area contributed by atoms with Gasteiger partial charge in [0.25, 0.3) is 11.4 Å². The fourth-order valence-corrected chi connectivity index (χ4v) is 1.32. The van der Waals surface area contributed by atoms with Crippen LogP contribution < -0.4 is 5.32 Å². The number of nitro benzene ring substituents is 2. The maximum absolute atomic E-state index is 10.8. The highest BCUT2D eigenvalue weighted by Crippen LogP contribution is 2.28. The molecular formula is C11H11N3O5. The van der Waals surface area contributed by atoms with Crippen LogP contribution in [0, 0.1) is 32.6 Å². The van der Waals surface area contributed by atoms with Crippen molar-refractivity contribution in [2.24, 2.45) is 0 Å². The molecule has 1 N–H and O–H groups in total. The van der Waals surface area contributed by atoms with Crippen LogP contribution in [-0.2, 0) is 4.74 Å². The Hall–Kier alpha value is -2.66. The highest BCUT2D eigenvalue weighted by atomic mass is 16.6. The molecule has 1 rings (SSSR count). The Morgan fingerprint density at radius 1 is 1.32 bits per heavy atom. The molecule has 0 fully saturated rings. The molecule has 100 valence electrons. The molecule has 0 aliphatic carbocycles. The van der Waals surface area contributed by atoms with Gasteiger partial charge in [0, 0.05) is 12.6 Å². The van der Waals surface area contributed by atoms with Gasteiger partial charge in [0.2, 0.25) is 0 Å². The van der Waals surface area contributed by atoms with Crippen molar-refractivity contribution < 1.29 is 14.6 Å². The molecule has 0 aromatic heterocycles. The number of ether oxygens (including phenoxy) is 1. The zero-order valence-corrected chi connectivity index (χ0v) is 9.87. The second kappa shape index (κ2) is 6.93. The number of nitrogens with zero attached hydrogens (tertiary/aromatic N) is 2. The van der Waals surface area contributed by atoms with Crippen molar-refractivity contribution in [3.63, 3.8) is 0 Å². The molecule has 19 heavy (non-hydrogen) atoms. The fraction of sp³-hybridized carbons (Fsp3) is 0.273. The van der Waals surface area contributed by atoms with E-state index in [2.05, 4.69) is 11.2 Å². The smallest absolute Gasteiger partial charge is 0.299 e. The van der Waals surface area contributed by atoms with Gasteiger partial charge in [-0.15, -0.1) is 6.42 Å². The van der Waals surface area contributed by atoms with E-state index in [0.717, 1.165) is 6.07 Å². The van der Waals surface area contributed by atoms with Gasteiger partial charge in [-0.25, -0.2) is 0 Å². The van der Waals surface area contributed by atoms with Crippen molar-refractivity contribution in [3.05, 3.63) is 38.4 Å². The van der Waals surface area contributed by atoms with Crippen LogP contribution in [0.3, 0.4) is 0 Å². The van der Waals surface area contributed by atoms with E-state index < -0.39 is 9.85 Å². The largest absolute Gasteiger partial charge is 0.377 e. The number of rotatable bonds is 7. The van der Waals surface area contributed by atoms with Crippen molar-refractivity contribution in [2.45, 2.75) is 0 Å². The predicted molar refractivity (Wildman–Crippen MR) is 67.9 cm³/mol. The normalized spacial score (nSPS) is 9.63. The number of anilines is 1. The van der Waals surface area contributed by atoms with E-state index in [4.69, 9.17) is 11.2 Å². The maximum atomic E-state index is 10.8. The summed E-state index contributed by atoms with van der Waals surface area (Å²) in [6.45, 7) is 0.739. The van der Waals surface area contributed by atoms with Gasteiger partial charge in [0.1, 0.15) is 12.3 Å². The molecular weight excluding hydrogens is 254 g/mol. The summed E-state index contributed by atoms with van der Waals surface area (Å²) in [5, 5.41) is 24.1. The minimum absolute atomic E-state index is 0.157. The molecule has 1 aromatic rings. The van der Waals surface area contributed by atoms with E-state index in [1.54, 1.807) is 0 Å². The second-order valence-corrected chi connectivity index (χ2v) is 3.40. The molecule has 0 aliphatic rings. The lowest BCUT2D eigenvalue weighted by molar-refractivity contribution is -0.393. The van der Waals surface area contributed by atoms with Crippen LogP contribution in [-0.4, -0.2) is 29.6 Å². The average Bonchev–Trinajstić information content (AvgIpc) is 2.38. The van der Waals surface area contributed by atoms with Gasteiger partial charge in [-0.3, -0.25) is 20.2 Å². The van der Waals surface area contributed by atoms with Crippen molar-refractivity contribution in [1.82, 2.24) is 0 Å². The Morgan fingerprint density at radius 3 is 2.63 bits per heavy atom. The summed E-state index contributed by atoms with van der Waals surface area (Å²) in [7, 11) is 0. The summed E-state index contributed by atoms with van der Waals surface area (Å²) in [6, 6.07) is 3.39. The lowest BCUT2D eigenvalue weighted by Crippen LogP contribution is -2.10. The van der Waals surface area contributed by atoms with Crippen molar-refractivity contribution in [1.29, 1.82) is 0 Å². The van der Waals surface area contributed by atoms with E-state index in [-0.39, 0.29) is 30.3 Å². The van der Waals surface area contributed by atoms with Crippen LogP contribution in [0.25, 0.3) is 0 Å². The minimum atomic E-state index is -0.688. The van der Waals surface area contributed by atoms with Crippen LogP contribution >= 0.6 is 0 Å². The van der Waals surface area contributed by atoms with Gasteiger partial charge >= 0.3 is 0 Å². The lowest BCUT2D eigenvalue weighted by atomic mass is 10.2. The quantitative estimate of drug-likeness (QED) is 0.347. The second-order valence-electron chi connectivity index (χ2n) is 3.40. The number of non-ortho nitro benzene ring substituents is 1. The summed E-state index contributed by atoms with van der Waals surface area (Å²) in [4.78, 5) is 20.0. The van der Waals surface area contributed by atoms with Gasteiger partial charge in [-0.1, -0.05) is 5.92 Å². The number of hydrogen-bond acceptors (Lipinski definition) is 6. The van der Waals surface area contributed by atoms with E-state index in [9.17, 15) is 20.2 Å². The molecule has 8 heteroatoms. The molecule has 0 unspecified atom stereocenters. The van der Waals surface area contributed by atoms with Gasteiger partial charge in [-0.05, 0) is 6.07 Å². The number of benzene rings is 1. The third kappa shape index (κ3) is 4.25. The summed E-state index contributed by atoms with van der Waals surface area (Å²) in [5.41, 5.74) is -0.494. The van der Waals surface area contributed by atoms with Gasteiger partial charge < -0.3 is 10.1 Å². The van der Waals surface area contributed by atoms with Crippen LogP contribution in [0.15, 0.2) is 18.2 Å². The Balaban J connectivity index is 2.75. The molecule has 0 bridgehead atoms. The van der Waals surface area contributed by atoms with Crippen molar-refractivity contribution >= 4 is 17.1 Å². The average molecular weight is 265 g/mol. The molecule has 0 heterocycles. The zero-order chi connectivity index (χ0) is 14.3. The summed E-state index contributed by atoms with van der Waals surface area (Å²) in [5.74, 6) is 2.28. The van der Waals surface area contributed by atoms with Gasteiger partial charge in [0.15, 0.2) is 0 Å².